The second-order valence-electron chi connectivity index (χ2n) is 3.70. The molecule has 0 aliphatic rings. The summed E-state index contributed by atoms with van der Waals surface area (Å²) in [5, 5.41) is 10.1. The first-order chi connectivity index (χ1) is 7.33. The van der Waals surface area contributed by atoms with Crippen LogP contribution in [0.15, 0.2) is 24.3 Å². The first-order valence-corrected chi connectivity index (χ1v) is 6.12. The maximum absolute atomic E-state index is 8.75. The van der Waals surface area contributed by atoms with Crippen LogP contribution in [0, 0.1) is 0 Å². The number of unbranched alkanes of at least 4 members (excludes halogenated alkanes) is 1. The fourth-order valence-corrected chi connectivity index (χ4v) is 2.95. The van der Waals surface area contributed by atoms with Gasteiger partial charge in [-0.1, -0.05) is 23.5 Å². The third-order valence-electron chi connectivity index (χ3n) is 2.63. The number of aromatic nitrogens is 1. The number of nitrogens with zero attached hydrogens (tertiary/aromatic N) is 1. The third-order valence-corrected chi connectivity index (χ3v) is 3.91. The summed E-state index contributed by atoms with van der Waals surface area (Å²) in [5.41, 5.74) is 1.31. The van der Waals surface area contributed by atoms with Gasteiger partial charge in [0, 0.05) is 19.1 Å². The predicted molar refractivity (Wildman–Crippen MR) is 78.4 cm³/mol. The second-order valence-corrected chi connectivity index (χ2v) is 4.82. The number of hydrogen-bond donors (Lipinski definition) is 1. The van der Waals surface area contributed by atoms with Gasteiger partial charge >= 0.3 is 0 Å². The third kappa shape index (κ3) is 2.93. The number of aliphatic hydroxyl groups excluding tert-OH is 1. The molecular formula is C12H17INOS+. The Balaban J connectivity index is 0.00000128. The minimum atomic E-state index is 0. The number of benzene rings is 1. The van der Waals surface area contributed by atoms with Crippen LogP contribution >= 0.6 is 35.3 Å². The molecule has 2 rings (SSSR count). The summed E-state index contributed by atoms with van der Waals surface area (Å²) in [6, 6.07) is 8.47. The van der Waals surface area contributed by atoms with Crippen molar-refractivity contribution in [1.82, 2.24) is 0 Å². The summed E-state index contributed by atoms with van der Waals surface area (Å²) < 4.78 is 3.61. The molecule has 0 aliphatic heterocycles. The highest BCUT2D eigenvalue weighted by Crippen LogP contribution is 2.20. The molecule has 0 atom stereocenters. The second kappa shape index (κ2) is 6.51. The molecule has 0 spiro atoms. The summed E-state index contributed by atoms with van der Waals surface area (Å²) in [7, 11) is 2.12. The molecule has 1 N–H and O–H groups in total. The number of fused-ring (bicyclic) bond motifs is 1. The molecule has 0 radical (unpaired) electrons. The van der Waals surface area contributed by atoms with Gasteiger partial charge in [-0.2, -0.15) is 4.57 Å². The van der Waals surface area contributed by atoms with Crippen molar-refractivity contribution < 1.29 is 9.67 Å². The van der Waals surface area contributed by atoms with Crippen LogP contribution in [0.25, 0.3) is 10.2 Å². The number of para-hydroxylation sites is 1. The van der Waals surface area contributed by atoms with Crippen molar-refractivity contribution in [1.29, 1.82) is 0 Å². The molecule has 2 aromatic rings. The van der Waals surface area contributed by atoms with Gasteiger partial charge in [0.25, 0.3) is 0 Å². The molecule has 0 aliphatic carbocycles. The highest BCUT2D eigenvalue weighted by atomic mass is 127. The lowest BCUT2D eigenvalue weighted by molar-refractivity contribution is -0.648. The van der Waals surface area contributed by atoms with Crippen LogP contribution in [-0.2, 0) is 13.5 Å². The molecule has 0 unspecified atom stereocenters. The Morgan fingerprint density at radius 2 is 2.00 bits per heavy atom. The minimum Gasteiger partial charge on any atom is -0.396 e. The van der Waals surface area contributed by atoms with E-state index in [1.54, 1.807) is 0 Å². The molecule has 0 saturated heterocycles. The quantitative estimate of drug-likeness (QED) is 0.512. The van der Waals surface area contributed by atoms with Crippen molar-refractivity contribution in [2.75, 3.05) is 6.61 Å². The molecular weight excluding hydrogens is 333 g/mol. The van der Waals surface area contributed by atoms with E-state index < -0.39 is 0 Å². The van der Waals surface area contributed by atoms with Crippen LogP contribution in [0.4, 0.5) is 0 Å². The van der Waals surface area contributed by atoms with Gasteiger partial charge in [0.1, 0.15) is 11.7 Å². The largest absolute Gasteiger partial charge is 0.396 e. The smallest absolute Gasteiger partial charge is 0.238 e. The lowest BCUT2D eigenvalue weighted by Gasteiger charge is -1.92. The first kappa shape index (κ1) is 13.9. The van der Waals surface area contributed by atoms with E-state index in [-0.39, 0.29) is 24.0 Å². The monoisotopic (exact) mass is 350 g/mol. The molecule has 1 heterocycles. The molecule has 0 saturated carbocycles. The lowest BCUT2D eigenvalue weighted by atomic mass is 10.2. The molecule has 0 amide bonds. The highest BCUT2D eigenvalue weighted by molar-refractivity contribution is 14.0. The molecule has 0 fully saturated rings. The van der Waals surface area contributed by atoms with Crippen molar-refractivity contribution in [3.8, 4) is 0 Å². The van der Waals surface area contributed by atoms with Gasteiger partial charge < -0.3 is 5.11 Å². The number of thiazole rings is 1. The van der Waals surface area contributed by atoms with Crippen molar-refractivity contribution in [3.05, 3.63) is 29.3 Å². The molecule has 1 aromatic heterocycles. The topological polar surface area (TPSA) is 24.1 Å². The maximum Gasteiger partial charge on any atom is 0.238 e. The van der Waals surface area contributed by atoms with E-state index in [1.165, 1.54) is 15.2 Å². The summed E-state index contributed by atoms with van der Waals surface area (Å²) in [4.78, 5) is 0. The fourth-order valence-electron chi connectivity index (χ4n) is 1.76. The van der Waals surface area contributed by atoms with Crippen LogP contribution in [0.1, 0.15) is 17.8 Å². The summed E-state index contributed by atoms with van der Waals surface area (Å²) in [5.74, 6) is 0. The van der Waals surface area contributed by atoms with Gasteiger partial charge in [0.05, 0.1) is 0 Å². The normalized spacial score (nSPS) is 10.4. The average Bonchev–Trinajstić information content (AvgIpc) is 2.57. The number of halogens is 1. The van der Waals surface area contributed by atoms with Crippen molar-refractivity contribution in [3.63, 3.8) is 0 Å². The van der Waals surface area contributed by atoms with Crippen LogP contribution in [0.3, 0.4) is 0 Å². The van der Waals surface area contributed by atoms with E-state index in [4.69, 9.17) is 5.11 Å². The van der Waals surface area contributed by atoms with E-state index in [0.29, 0.717) is 6.61 Å². The van der Waals surface area contributed by atoms with Gasteiger partial charge in [-0.25, -0.2) is 0 Å². The van der Waals surface area contributed by atoms with Crippen molar-refractivity contribution in [2.24, 2.45) is 7.05 Å². The minimum absolute atomic E-state index is 0. The molecule has 1 aromatic carbocycles. The standard InChI is InChI=1S/C12H16NOS.HI/c1-13-10-6-2-3-7-11(10)15-12(13)8-4-5-9-14;/h2-3,6-7,14H,4-5,8-9H2,1H3;1H/q+1;. The van der Waals surface area contributed by atoms with Gasteiger partial charge in [-0.05, 0) is 18.9 Å². The Kier molecular flexibility index (Phi) is 5.64. The fraction of sp³-hybridized carbons (Fsp3) is 0.417. The number of aliphatic hydroxyl groups is 1. The Labute approximate surface area is 117 Å². The average molecular weight is 350 g/mol. The van der Waals surface area contributed by atoms with Crippen LogP contribution in [0.5, 0.6) is 0 Å². The van der Waals surface area contributed by atoms with E-state index >= 15 is 0 Å². The van der Waals surface area contributed by atoms with E-state index in [1.807, 2.05) is 11.3 Å². The van der Waals surface area contributed by atoms with Crippen LogP contribution < -0.4 is 4.57 Å². The first-order valence-electron chi connectivity index (χ1n) is 5.30. The zero-order valence-corrected chi connectivity index (χ0v) is 12.5. The highest BCUT2D eigenvalue weighted by Gasteiger charge is 2.14. The summed E-state index contributed by atoms with van der Waals surface area (Å²) in [6.45, 7) is 0.300. The van der Waals surface area contributed by atoms with Gasteiger partial charge in [-0.15, -0.1) is 24.0 Å². The Morgan fingerprint density at radius 1 is 1.25 bits per heavy atom. The van der Waals surface area contributed by atoms with Gasteiger partial charge in [-0.3, -0.25) is 0 Å². The maximum atomic E-state index is 8.75. The SMILES string of the molecule is C[n+]1c(CCCCO)sc2ccccc21.I. The lowest BCUT2D eigenvalue weighted by Crippen LogP contribution is -2.30. The van der Waals surface area contributed by atoms with Crippen LogP contribution in [-0.4, -0.2) is 11.7 Å². The number of hydrogen-bond acceptors (Lipinski definition) is 2. The van der Waals surface area contributed by atoms with E-state index in [2.05, 4.69) is 35.9 Å². The molecule has 2 nitrogen and oxygen atoms in total. The zero-order chi connectivity index (χ0) is 10.7. The van der Waals surface area contributed by atoms with E-state index in [0.717, 1.165) is 19.3 Å². The summed E-state index contributed by atoms with van der Waals surface area (Å²) in [6.07, 6.45) is 3.03. The van der Waals surface area contributed by atoms with E-state index in [9.17, 15) is 0 Å². The Morgan fingerprint density at radius 3 is 2.69 bits per heavy atom. The molecule has 88 valence electrons. The van der Waals surface area contributed by atoms with Crippen molar-refractivity contribution >= 4 is 45.5 Å². The molecule has 4 heteroatoms. The number of rotatable bonds is 4. The predicted octanol–water partition coefficient (Wildman–Crippen LogP) is 2.66. The molecule has 0 bridgehead atoms. The summed E-state index contributed by atoms with van der Waals surface area (Å²) >= 11 is 1.86. The van der Waals surface area contributed by atoms with Gasteiger partial charge in [0.15, 0.2) is 0 Å². The Bertz CT molecular complexity index is 455. The van der Waals surface area contributed by atoms with Crippen LogP contribution in [0.2, 0.25) is 0 Å². The zero-order valence-electron chi connectivity index (χ0n) is 9.35. The van der Waals surface area contributed by atoms with Crippen molar-refractivity contribution in [2.45, 2.75) is 19.3 Å². The number of aryl methyl sites for hydroxylation is 2. The molecule has 16 heavy (non-hydrogen) atoms. The Hall–Kier alpha value is -0.200. The van der Waals surface area contributed by atoms with Gasteiger partial charge in [0.2, 0.25) is 10.5 Å².